The molecule has 0 atom stereocenters. The highest BCUT2D eigenvalue weighted by Crippen LogP contribution is 1.95. The van der Waals surface area contributed by atoms with Crippen molar-refractivity contribution in [2.75, 3.05) is 34.9 Å². The maximum atomic E-state index is 5.15. The van der Waals surface area contributed by atoms with Crippen LogP contribution in [0.2, 0.25) is 6.04 Å². The minimum atomic E-state index is -0.277. The predicted molar refractivity (Wildman–Crippen MR) is 66.2 cm³/mol. The second-order valence-electron chi connectivity index (χ2n) is 3.15. The fraction of sp³-hybridized carbons (Fsp3) is 0.889. The predicted octanol–water partition coefficient (Wildman–Crippen LogP) is -0.665. The van der Waals surface area contributed by atoms with E-state index in [0.717, 1.165) is 18.9 Å². The first-order chi connectivity index (χ1) is 7.28. The molecule has 0 aromatic rings. The van der Waals surface area contributed by atoms with Gasteiger partial charge in [-0.25, -0.2) is 0 Å². The van der Waals surface area contributed by atoms with Crippen LogP contribution in [0, 0.1) is 0 Å². The van der Waals surface area contributed by atoms with Gasteiger partial charge in [0, 0.05) is 34.9 Å². The lowest BCUT2D eigenvalue weighted by atomic mass is 10.5. The molecular formula is C9H23N3O2Si. The molecular weight excluding hydrogens is 210 g/mol. The number of nitrogens with one attached hydrogen (secondary N) is 2. The average molecular weight is 233 g/mol. The largest absolute Gasteiger partial charge is 0.360 e. The molecule has 6 heteroatoms. The van der Waals surface area contributed by atoms with Crippen molar-refractivity contribution in [2.45, 2.75) is 18.4 Å². The van der Waals surface area contributed by atoms with Crippen LogP contribution in [0.15, 0.2) is 4.99 Å². The van der Waals surface area contributed by atoms with Crippen LogP contribution in [0.5, 0.6) is 0 Å². The van der Waals surface area contributed by atoms with Gasteiger partial charge in [0.15, 0.2) is 5.96 Å². The van der Waals surface area contributed by atoms with Crippen LogP contribution in [0.4, 0.5) is 0 Å². The monoisotopic (exact) mass is 233 g/mol. The maximum Gasteiger partial charge on any atom is 0.190 e. The normalized spacial score (nSPS) is 12.7. The molecule has 2 N–H and O–H groups in total. The van der Waals surface area contributed by atoms with E-state index < -0.39 is 0 Å². The maximum absolute atomic E-state index is 5.15. The van der Waals surface area contributed by atoms with Gasteiger partial charge in [-0.15, -0.1) is 0 Å². The van der Waals surface area contributed by atoms with E-state index in [0.29, 0.717) is 0 Å². The van der Waals surface area contributed by atoms with Gasteiger partial charge in [0.05, 0.1) is 9.52 Å². The van der Waals surface area contributed by atoms with E-state index in [1.165, 1.54) is 6.04 Å². The zero-order valence-electron chi connectivity index (χ0n) is 10.2. The van der Waals surface area contributed by atoms with Crippen LogP contribution in [0.3, 0.4) is 0 Å². The summed E-state index contributed by atoms with van der Waals surface area (Å²) in [4.78, 5) is 4.03. The van der Waals surface area contributed by atoms with Crippen LogP contribution in [0.1, 0.15) is 6.42 Å². The number of hydrogen-bond donors (Lipinski definition) is 2. The second-order valence-corrected chi connectivity index (χ2v) is 5.10. The first-order valence-corrected chi connectivity index (χ1v) is 7.04. The van der Waals surface area contributed by atoms with Crippen LogP contribution in [-0.4, -0.2) is 56.3 Å². The summed E-state index contributed by atoms with van der Waals surface area (Å²) in [6.07, 6.45) is 1.14. The highest BCUT2D eigenvalue weighted by molar-refractivity contribution is 6.36. The van der Waals surface area contributed by atoms with E-state index in [4.69, 9.17) is 9.47 Å². The molecule has 0 spiro atoms. The third-order valence-corrected chi connectivity index (χ3v) is 4.19. The van der Waals surface area contributed by atoms with Crippen LogP contribution in [0.25, 0.3) is 0 Å². The molecule has 0 aromatic heterocycles. The van der Waals surface area contributed by atoms with Gasteiger partial charge >= 0.3 is 0 Å². The zero-order valence-corrected chi connectivity index (χ0v) is 11.6. The Bertz CT molecular complexity index is 175. The van der Waals surface area contributed by atoms with Gasteiger partial charge in [0.1, 0.15) is 5.91 Å². The van der Waals surface area contributed by atoms with E-state index in [1.807, 2.05) is 7.05 Å². The molecule has 0 rings (SSSR count). The van der Waals surface area contributed by atoms with Gasteiger partial charge in [0.25, 0.3) is 0 Å². The van der Waals surface area contributed by atoms with Crippen molar-refractivity contribution in [1.82, 2.24) is 10.6 Å². The molecule has 0 aromatic carbocycles. The van der Waals surface area contributed by atoms with Gasteiger partial charge in [0.2, 0.25) is 0 Å². The minimum Gasteiger partial charge on any atom is -0.360 e. The Hall–Kier alpha value is -0.593. The third-order valence-electron chi connectivity index (χ3n) is 2.15. The van der Waals surface area contributed by atoms with Gasteiger partial charge in [-0.1, -0.05) is 6.04 Å². The Morgan fingerprint density at radius 1 is 1.40 bits per heavy atom. The molecule has 0 fully saturated rings. The van der Waals surface area contributed by atoms with Gasteiger partial charge in [-0.2, -0.15) is 0 Å². The Morgan fingerprint density at radius 3 is 2.53 bits per heavy atom. The summed E-state index contributed by atoms with van der Waals surface area (Å²) in [6.45, 7) is 0.945. The summed E-state index contributed by atoms with van der Waals surface area (Å²) < 4.78 is 10.3. The number of ether oxygens (including phenoxy) is 2. The first kappa shape index (κ1) is 14.4. The smallest absolute Gasteiger partial charge is 0.190 e. The molecule has 0 aliphatic carbocycles. The highest BCUT2D eigenvalue weighted by atomic mass is 28.2. The Kier molecular flexibility index (Phi) is 9.55. The summed E-state index contributed by atoms with van der Waals surface area (Å²) in [5.41, 5.74) is 0. The fourth-order valence-corrected chi connectivity index (χ4v) is 2.60. The molecule has 0 saturated heterocycles. The van der Waals surface area contributed by atoms with E-state index >= 15 is 0 Å². The summed E-state index contributed by atoms with van der Waals surface area (Å²) in [6, 6.07) is 1.21. The lowest BCUT2D eigenvalue weighted by molar-refractivity contribution is -0.0441. The number of nitrogens with zero attached hydrogens (tertiary/aromatic N) is 1. The molecule has 5 nitrogen and oxygen atoms in total. The van der Waals surface area contributed by atoms with E-state index in [-0.39, 0.29) is 15.4 Å². The second kappa shape index (κ2) is 9.94. The SMILES string of the molecule is CN=C(NC)NCCC[SiH2]C(OC)OC. The summed E-state index contributed by atoms with van der Waals surface area (Å²) in [5, 5.41) is 6.18. The number of methoxy groups -OCH3 is 2. The Morgan fingerprint density at radius 2 is 2.07 bits per heavy atom. The molecule has 0 heterocycles. The van der Waals surface area contributed by atoms with Crippen molar-refractivity contribution in [1.29, 1.82) is 0 Å². The van der Waals surface area contributed by atoms with Crippen molar-refractivity contribution >= 4 is 15.5 Å². The lowest BCUT2D eigenvalue weighted by Crippen LogP contribution is -2.35. The van der Waals surface area contributed by atoms with Crippen LogP contribution < -0.4 is 10.6 Å². The average Bonchev–Trinajstić information content (AvgIpc) is 2.29. The first-order valence-electron chi connectivity index (χ1n) is 5.22. The van der Waals surface area contributed by atoms with Crippen LogP contribution in [-0.2, 0) is 9.47 Å². The molecule has 90 valence electrons. The third kappa shape index (κ3) is 7.35. The van der Waals surface area contributed by atoms with Crippen molar-refractivity contribution < 1.29 is 9.47 Å². The summed E-state index contributed by atoms with van der Waals surface area (Å²) in [7, 11) is 6.74. The lowest BCUT2D eigenvalue weighted by Gasteiger charge is -2.12. The number of guanidine groups is 1. The minimum absolute atomic E-state index is 0.0635. The number of rotatable bonds is 7. The van der Waals surface area contributed by atoms with E-state index in [2.05, 4.69) is 15.6 Å². The van der Waals surface area contributed by atoms with Crippen molar-refractivity contribution in [3.8, 4) is 0 Å². The molecule has 0 unspecified atom stereocenters. The molecule has 0 radical (unpaired) electrons. The quantitative estimate of drug-likeness (QED) is 0.201. The Balaban J connectivity index is 3.38. The molecule has 0 aliphatic rings. The zero-order chi connectivity index (χ0) is 11.5. The van der Waals surface area contributed by atoms with Crippen LogP contribution >= 0.6 is 0 Å². The summed E-state index contributed by atoms with van der Waals surface area (Å²) in [5.74, 6) is 0.903. The molecule has 0 bridgehead atoms. The molecule has 15 heavy (non-hydrogen) atoms. The molecule has 0 amide bonds. The number of hydrogen-bond acceptors (Lipinski definition) is 3. The standard InChI is InChI=1S/C9H23N3O2Si/c1-10-8(11-2)12-6-5-7-15-9(13-3)14-4/h9H,5-7,15H2,1-4H3,(H2,10,11,12). The van der Waals surface area contributed by atoms with E-state index in [9.17, 15) is 0 Å². The topological polar surface area (TPSA) is 54.9 Å². The van der Waals surface area contributed by atoms with Gasteiger partial charge in [-0.3, -0.25) is 4.99 Å². The van der Waals surface area contributed by atoms with E-state index in [1.54, 1.807) is 21.3 Å². The molecule has 0 aliphatic heterocycles. The highest BCUT2D eigenvalue weighted by Gasteiger charge is 2.04. The number of aliphatic imine (C=N–C) groups is 1. The Labute approximate surface area is 94.5 Å². The fourth-order valence-electron chi connectivity index (χ4n) is 1.25. The van der Waals surface area contributed by atoms with Gasteiger partial charge in [-0.05, 0) is 6.42 Å². The van der Waals surface area contributed by atoms with Crippen molar-refractivity contribution in [3.63, 3.8) is 0 Å². The summed E-state index contributed by atoms with van der Waals surface area (Å²) >= 11 is 0. The molecule has 0 saturated carbocycles. The van der Waals surface area contributed by atoms with Crippen molar-refractivity contribution in [2.24, 2.45) is 4.99 Å². The van der Waals surface area contributed by atoms with Crippen molar-refractivity contribution in [3.05, 3.63) is 0 Å². The van der Waals surface area contributed by atoms with Gasteiger partial charge < -0.3 is 20.1 Å².